The van der Waals surface area contributed by atoms with E-state index in [2.05, 4.69) is 0 Å². The van der Waals surface area contributed by atoms with Crippen LogP contribution in [-0.4, -0.2) is 27.9 Å². The Kier molecular flexibility index (Phi) is 1.71. The van der Waals surface area contributed by atoms with Crippen LogP contribution in [0.4, 0.5) is 0 Å². The highest BCUT2D eigenvalue weighted by atomic mass is 16.6. The van der Waals surface area contributed by atoms with Gasteiger partial charge in [-0.3, -0.25) is 19.7 Å². The molecule has 66 valence electrons. The molecule has 0 radical (unpaired) electrons. The van der Waals surface area contributed by atoms with Gasteiger partial charge in [-0.1, -0.05) is 0 Å². The van der Waals surface area contributed by atoms with E-state index in [1.54, 1.807) is 0 Å². The lowest BCUT2D eigenvalue weighted by molar-refractivity contribution is -0.499. The van der Waals surface area contributed by atoms with E-state index in [-0.39, 0.29) is 0 Å². The highest BCUT2D eigenvalue weighted by Crippen LogP contribution is 2.41. The number of carboxylic acid groups (broad SMARTS) is 1. The summed E-state index contributed by atoms with van der Waals surface area (Å²) in [6.07, 6.45) is 0. The fraction of sp³-hybridized carbons (Fsp3) is 0.600. The number of aliphatic carboxylic acids is 1. The number of nitrogens with zero attached hydrogens (tertiary/aromatic N) is 1. The Morgan fingerprint density at radius 2 is 1.92 bits per heavy atom. The van der Waals surface area contributed by atoms with Crippen molar-refractivity contribution in [1.29, 1.82) is 0 Å². The minimum atomic E-state index is -1.35. The molecule has 0 aromatic heterocycles. The van der Waals surface area contributed by atoms with Gasteiger partial charge in [0.15, 0.2) is 0 Å². The molecule has 7 heteroatoms. The Balaban J connectivity index is 2.74. The number of rotatable bonds is 3. The average Bonchev–Trinajstić information content (AvgIpc) is 2.58. The van der Waals surface area contributed by atoms with Gasteiger partial charge < -0.3 is 10.8 Å². The zero-order valence-corrected chi connectivity index (χ0v) is 5.84. The van der Waals surface area contributed by atoms with Gasteiger partial charge in [-0.15, -0.1) is 0 Å². The topological polar surface area (TPSA) is 124 Å². The second kappa shape index (κ2) is 2.43. The first-order valence-corrected chi connectivity index (χ1v) is 3.12. The number of hydrogen-bond acceptors (Lipinski definition) is 4. The number of carboxylic acids is 1. The summed E-state index contributed by atoms with van der Waals surface area (Å²) in [5, 5.41) is 18.5. The number of nitro groups is 1. The van der Waals surface area contributed by atoms with E-state index in [0.717, 1.165) is 0 Å². The van der Waals surface area contributed by atoms with E-state index in [1.807, 2.05) is 0 Å². The predicted molar refractivity (Wildman–Crippen MR) is 34.6 cm³/mol. The molecule has 1 aliphatic rings. The Morgan fingerprint density at radius 1 is 1.42 bits per heavy atom. The highest BCUT2D eigenvalue weighted by molar-refractivity contribution is 5.90. The Bertz CT molecular complexity index is 214. The van der Waals surface area contributed by atoms with E-state index in [1.165, 1.54) is 0 Å². The van der Waals surface area contributed by atoms with Gasteiger partial charge in [-0.05, 0) is 0 Å². The van der Waals surface area contributed by atoms with Crippen LogP contribution >= 0.6 is 0 Å². The van der Waals surface area contributed by atoms with E-state index < -0.39 is 34.7 Å². The minimum absolute atomic E-state index is 0.784. The molecule has 0 aliphatic heterocycles. The summed E-state index contributed by atoms with van der Waals surface area (Å²) in [6.45, 7) is 0. The van der Waals surface area contributed by atoms with Crippen LogP contribution in [0.25, 0.3) is 0 Å². The number of hydrogen-bond donors (Lipinski definition) is 2. The third-order valence-electron chi connectivity index (χ3n) is 1.84. The van der Waals surface area contributed by atoms with Crippen LogP contribution in [0.2, 0.25) is 0 Å². The lowest BCUT2D eigenvalue weighted by atomic mass is 10.3. The molecule has 0 saturated heterocycles. The zero-order chi connectivity index (χ0) is 9.46. The first kappa shape index (κ1) is 8.44. The quantitative estimate of drug-likeness (QED) is 0.395. The van der Waals surface area contributed by atoms with E-state index >= 15 is 0 Å². The summed E-state index contributed by atoms with van der Waals surface area (Å²) in [5.74, 6) is -4.65. The van der Waals surface area contributed by atoms with Crippen LogP contribution in [0, 0.1) is 22.0 Å². The van der Waals surface area contributed by atoms with Crippen LogP contribution < -0.4 is 5.73 Å². The van der Waals surface area contributed by atoms with Crippen molar-refractivity contribution in [2.75, 3.05) is 0 Å². The van der Waals surface area contributed by atoms with Crippen LogP contribution in [0.5, 0.6) is 0 Å². The molecule has 0 heterocycles. The molecular formula is C5H6N2O5. The van der Waals surface area contributed by atoms with Gasteiger partial charge in [0.1, 0.15) is 11.8 Å². The molecule has 1 rings (SSSR count). The maximum Gasteiger partial charge on any atom is 0.314 e. The third kappa shape index (κ3) is 1.09. The fourth-order valence-electron chi connectivity index (χ4n) is 1.20. The summed E-state index contributed by atoms with van der Waals surface area (Å²) in [7, 11) is 0. The average molecular weight is 174 g/mol. The summed E-state index contributed by atoms with van der Waals surface area (Å²) in [4.78, 5) is 30.1. The monoisotopic (exact) mass is 174 g/mol. The second-order valence-corrected chi connectivity index (χ2v) is 2.57. The van der Waals surface area contributed by atoms with Crippen molar-refractivity contribution in [3.8, 4) is 0 Å². The maximum absolute atomic E-state index is 10.4. The fourth-order valence-corrected chi connectivity index (χ4v) is 1.20. The molecule has 1 saturated carbocycles. The largest absolute Gasteiger partial charge is 0.481 e. The molecule has 0 aromatic carbocycles. The van der Waals surface area contributed by atoms with E-state index in [9.17, 15) is 19.7 Å². The van der Waals surface area contributed by atoms with Gasteiger partial charge in [0.2, 0.25) is 11.9 Å². The normalized spacial score (nSPS) is 32.5. The standard InChI is InChI=1S/C5H6N2O5/c6-4(8)1-2(5(9)10)3(1)7(11)12/h1-3H,(H2,6,8)(H,9,10)/t1-,2+,3+/m1/s1. The first-order valence-electron chi connectivity index (χ1n) is 3.12. The van der Waals surface area contributed by atoms with Gasteiger partial charge in [0.05, 0.1) is 0 Å². The molecule has 12 heavy (non-hydrogen) atoms. The Hall–Kier alpha value is -1.66. The molecular weight excluding hydrogens is 168 g/mol. The molecule has 1 amide bonds. The highest BCUT2D eigenvalue weighted by Gasteiger charge is 2.68. The molecule has 3 atom stereocenters. The van der Waals surface area contributed by atoms with Crippen molar-refractivity contribution in [1.82, 2.24) is 0 Å². The molecule has 0 aromatic rings. The molecule has 0 bridgehead atoms. The third-order valence-corrected chi connectivity index (χ3v) is 1.84. The van der Waals surface area contributed by atoms with Crippen molar-refractivity contribution in [2.45, 2.75) is 6.04 Å². The molecule has 0 unspecified atom stereocenters. The minimum Gasteiger partial charge on any atom is -0.481 e. The summed E-state index contributed by atoms with van der Waals surface area (Å²) in [6, 6.07) is -1.33. The lowest BCUT2D eigenvalue weighted by Gasteiger charge is -1.84. The number of amides is 1. The van der Waals surface area contributed by atoms with Gasteiger partial charge in [0.25, 0.3) is 0 Å². The molecule has 0 spiro atoms. The number of primary amides is 1. The van der Waals surface area contributed by atoms with E-state index in [4.69, 9.17) is 10.8 Å². The van der Waals surface area contributed by atoms with Crippen molar-refractivity contribution in [3.63, 3.8) is 0 Å². The number of carbonyl (C=O) groups is 2. The van der Waals surface area contributed by atoms with Crippen LogP contribution in [-0.2, 0) is 9.59 Å². The number of carbonyl (C=O) groups excluding carboxylic acids is 1. The van der Waals surface area contributed by atoms with Crippen LogP contribution in [0.3, 0.4) is 0 Å². The molecule has 7 nitrogen and oxygen atoms in total. The van der Waals surface area contributed by atoms with Gasteiger partial charge in [-0.2, -0.15) is 0 Å². The van der Waals surface area contributed by atoms with Crippen LogP contribution in [0.15, 0.2) is 0 Å². The van der Waals surface area contributed by atoms with Crippen molar-refractivity contribution in [3.05, 3.63) is 10.1 Å². The summed E-state index contributed by atoms with van der Waals surface area (Å²) < 4.78 is 0. The molecule has 1 fully saturated rings. The Morgan fingerprint density at radius 3 is 2.00 bits per heavy atom. The van der Waals surface area contributed by atoms with Gasteiger partial charge in [-0.25, -0.2) is 0 Å². The predicted octanol–water partition coefficient (Wildman–Crippen LogP) is -1.55. The maximum atomic E-state index is 10.4. The van der Waals surface area contributed by atoms with Crippen molar-refractivity contribution >= 4 is 11.9 Å². The van der Waals surface area contributed by atoms with Gasteiger partial charge >= 0.3 is 5.97 Å². The van der Waals surface area contributed by atoms with E-state index in [0.29, 0.717) is 0 Å². The first-order chi connectivity index (χ1) is 5.46. The SMILES string of the molecule is NC(=O)[C@@H]1[C@H](C(=O)O)[C@H]1[N+](=O)[O-]. The smallest absolute Gasteiger partial charge is 0.314 e. The second-order valence-electron chi connectivity index (χ2n) is 2.57. The lowest BCUT2D eigenvalue weighted by Crippen LogP contribution is -2.18. The molecule has 1 aliphatic carbocycles. The summed E-state index contributed by atoms with van der Waals surface area (Å²) >= 11 is 0. The molecule has 3 N–H and O–H groups in total. The van der Waals surface area contributed by atoms with Gasteiger partial charge in [0, 0.05) is 4.92 Å². The Labute approximate surface area is 66.3 Å². The zero-order valence-electron chi connectivity index (χ0n) is 5.84. The van der Waals surface area contributed by atoms with Crippen molar-refractivity contribution in [2.24, 2.45) is 17.6 Å². The number of nitrogens with two attached hydrogens (primary N) is 1. The van der Waals surface area contributed by atoms with Crippen molar-refractivity contribution < 1.29 is 19.6 Å². The van der Waals surface area contributed by atoms with Crippen LogP contribution in [0.1, 0.15) is 0 Å². The summed E-state index contributed by atoms with van der Waals surface area (Å²) in [5.41, 5.74) is 4.75.